The van der Waals surface area contributed by atoms with Gasteiger partial charge in [0.05, 0.1) is 41.5 Å². The number of nitrogens with one attached hydrogen (secondary N) is 2. The first-order chi connectivity index (χ1) is 28.6. The van der Waals surface area contributed by atoms with E-state index in [1.54, 1.807) is 52.2 Å². The van der Waals surface area contributed by atoms with E-state index in [1.165, 1.54) is 14.0 Å². The monoisotopic (exact) mass is 889 g/mol. The Morgan fingerprint density at radius 2 is 1.66 bits per heavy atom. The molecule has 0 aliphatic carbocycles. The molecule has 3 fully saturated rings. The molecule has 3 saturated heterocycles. The highest BCUT2D eigenvalue weighted by molar-refractivity contribution is 7.09. The molecule has 0 spiro atoms. The quantitative estimate of drug-likeness (QED) is 0.0997. The number of thiazole rings is 1. The van der Waals surface area contributed by atoms with Crippen molar-refractivity contribution in [1.82, 2.24) is 20.5 Å². The second-order valence-electron chi connectivity index (χ2n) is 18.8. The number of rotatable bonds is 15. The SMILES string of the molecule is CC[C@H]1OC(=O)[C@H](C)[C@@H](O[C@H]2C[C@@](C)(OC)[C@@H](O)[C@H](C)O2)[C@H](C)[C@@H](O[C@@H]2O[C@H](C)CC[C@H]2O)C(C)(O)C[C@@H](C)CN(CCCNCCNCc2nccs2)[C@H](C)[C@@H](O)[C@]1(C)O. The first-order valence-corrected chi connectivity index (χ1v) is 23.4. The van der Waals surface area contributed by atoms with Crippen molar-refractivity contribution in [2.75, 3.05) is 39.8 Å². The fourth-order valence-corrected chi connectivity index (χ4v) is 10.1. The third-order valence-electron chi connectivity index (χ3n) is 13.3. The van der Waals surface area contributed by atoms with Crippen LogP contribution in [-0.4, -0.2) is 165 Å². The van der Waals surface area contributed by atoms with Gasteiger partial charge in [-0.1, -0.05) is 20.8 Å². The first kappa shape index (κ1) is 52.2. The van der Waals surface area contributed by atoms with Crippen LogP contribution in [0.5, 0.6) is 0 Å². The third-order valence-corrected chi connectivity index (χ3v) is 14.1. The summed E-state index contributed by atoms with van der Waals surface area (Å²) in [6, 6.07) is -0.567. The molecular weight excluding hydrogens is 809 g/mol. The molecule has 4 heterocycles. The molecule has 7 N–H and O–H groups in total. The number of carbonyl (C=O) groups excluding carboxylic acids is 1. The predicted molar refractivity (Wildman–Crippen MR) is 232 cm³/mol. The molecule has 1 aromatic heterocycles. The van der Waals surface area contributed by atoms with Crippen LogP contribution in [0.1, 0.15) is 113 Å². The van der Waals surface area contributed by atoms with Crippen LogP contribution < -0.4 is 10.6 Å². The lowest BCUT2D eigenvalue weighted by Gasteiger charge is -2.48. The van der Waals surface area contributed by atoms with Gasteiger partial charge in [-0.15, -0.1) is 11.3 Å². The summed E-state index contributed by atoms with van der Waals surface area (Å²) in [5.74, 6) is -2.61. The summed E-state index contributed by atoms with van der Waals surface area (Å²) in [6.07, 6.45) is -5.00. The van der Waals surface area contributed by atoms with E-state index in [4.69, 9.17) is 28.4 Å². The highest BCUT2D eigenvalue weighted by Crippen LogP contribution is 2.40. The minimum atomic E-state index is -1.84. The molecule has 61 heavy (non-hydrogen) atoms. The van der Waals surface area contributed by atoms with Crippen molar-refractivity contribution in [3.63, 3.8) is 0 Å². The number of nitrogens with zero attached hydrogens (tertiary/aromatic N) is 2. The van der Waals surface area contributed by atoms with Crippen molar-refractivity contribution in [3.8, 4) is 0 Å². The Labute approximate surface area is 368 Å². The summed E-state index contributed by atoms with van der Waals surface area (Å²) in [7, 11) is 1.51. The maximum absolute atomic E-state index is 14.4. The lowest BCUT2D eigenvalue weighted by Crippen LogP contribution is -2.60. The molecular formula is C44H80N4O12S. The van der Waals surface area contributed by atoms with Gasteiger partial charge in [0.25, 0.3) is 0 Å². The maximum Gasteiger partial charge on any atom is 0.311 e. The highest BCUT2D eigenvalue weighted by Gasteiger charge is 2.52. The third kappa shape index (κ3) is 13.8. The number of methoxy groups -OCH3 is 1. The van der Waals surface area contributed by atoms with Crippen LogP contribution in [0.15, 0.2) is 11.6 Å². The Bertz CT molecular complexity index is 1440. The summed E-state index contributed by atoms with van der Waals surface area (Å²) in [6.45, 7) is 21.8. The number of aliphatic hydroxyl groups excluding tert-OH is 3. The molecule has 3 aliphatic heterocycles. The zero-order valence-electron chi connectivity index (χ0n) is 38.6. The fraction of sp³-hybridized carbons (Fsp3) is 0.909. The minimum absolute atomic E-state index is 0.132. The smallest absolute Gasteiger partial charge is 0.311 e. The molecule has 16 nitrogen and oxygen atoms in total. The van der Waals surface area contributed by atoms with Crippen molar-refractivity contribution in [2.24, 2.45) is 17.8 Å². The Balaban J connectivity index is 1.66. The van der Waals surface area contributed by atoms with Crippen LogP contribution in [0.3, 0.4) is 0 Å². The average molecular weight is 889 g/mol. The Morgan fingerprint density at radius 1 is 0.951 bits per heavy atom. The summed E-state index contributed by atoms with van der Waals surface area (Å²) in [4.78, 5) is 20.8. The van der Waals surface area contributed by atoms with Crippen molar-refractivity contribution in [2.45, 2.75) is 199 Å². The number of hydrogen-bond acceptors (Lipinski definition) is 17. The second kappa shape index (κ2) is 23.2. The maximum atomic E-state index is 14.4. The van der Waals surface area contributed by atoms with E-state index in [1.807, 2.05) is 33.1 Å². The minimum Gasteiger partial charge on any atom is -0.459 e. The van der Waals surface area contributed by atoms with E-state index in [-0.39, 0.29) is 31.3 Å². The van der Waals surface area contributed by atoms with E-state index >= 15 is 0 Å². The van der Waals surface area contributed by atoms with Gasteiger partial charge in [0.2, 0.25) is 0 Å². The number of aromatic nitrogens is 1. The van der Waals surface area contributed by atoms with Gasteiger partial charge in [-0.3, -0.25) is 9.69 Å². The van der Waals surface area contributed by atoms with Crippen molar-refractivity contribution >= 4 is 17.3 Å². The summed E-state index contributed by atoms with van der Waals surface area (Å²) in [5.41, 5.74) is -4.43. The summed E-state index contributed by atoms with van der Waals surface area (Å²) in [5, 5.41) is 68.8. The zero-order valence-corrected chi connectivity index (χ0v) is 39.4. The number of carbonyl (C=O) groups is 1. The van der Waals surface area contributed by atoms with Crippen LogP contribution in [0.2, 0.25) is 0 Å². The highest BCUT2D eigenvalue weighted by atomic mass is 32.1. The second-order valence-corrected chi connectivity index (χ2v) is 19.8. The van der Waals surface area contributed by atoms with E-state index in [0.29, 0.717) is 25.9 Å². The molecule has 0 aromatic carbocycles. The van der Waals surface area contributed by atoms with Gasteiger partial charge in [0.15, 0.2) is 12.6 Å². The van der Waals surface area contributed by atoms with Gasteiger partial charge in [0.1, 0.15) is 35.0 Å². The number of hydrogen-bond donors (Lipinski definition) is 7. The van der Waals surface area contributed by atoms with Crippen LogP contribution >= 0.6 is 11.3 Å². The largest absolute Gasteiger partial charge is 0.459 e. The topological polar surface area (TPSA) is 214 Å². The van der Waals surface area contributed by atoms with Crippen LogP contribution in [-0.2, 0) is 39.8 Å². The molecule has 0 bridgehead atoms. The zero-order chi connectivity index (χ0) is 45.3. The van der Waals surface area contributed by atoms with E-state index in [2.05, 4.69) is 20.5 Å². The molecule has 1 aromatic rings. The number of aliphatic hydroxyl groups is 5. The molecule has 354 valence electrons. The first-order valence-electron chi connectivity index (χ1n) is 22.5. The normalized spacial score (nSPS) is 42.7. The molecule has 4 rings (SSSR count). The van der Waals surface area contributed by atoms with Gasteiger partial charge in [0, 0.05) is 63.2 Å². The van der Waals surface area contributed by atoms with Gasteiger partial charge in [-0.05, 0) is 99.6 Å². The van der Waals surface area contributed by atoms with Crippen molar-refractivity contribution < 1.29 is 58.7 Å². The fourth-order valence-electron chi connectivity index (χ4n) is 9.54. The van der Waals surface area contributed by atoms with Gasteiger partial charge >= 0.3 is 5.97 Å². The van der Waals surface area contributed by atoms with Crippen LogP contribution in [0.25, 0.3) is 0 Å². The average Bonchev–Trinajstić information content (AvgIpc) is 3.73. The van der Waals surface area contributed by atoms with Gasteiger partial charge < -0.3 is 64.6 Å². The van der Waals surface area contributed by atoms with Crippen LogP contribution in [0.4, 0.5) is 0 Å². The summed E-state index contributed by atoms with van der Waals surface area (Å²) >= 11 is 1.62. The van der Waals surface area contributed by atoms with Gasteiger partial charge in [-0.2, -0.15) is 0 Å². The lowest BCUT2D eigenvalue weighted by atomic mass is 9.77. The number of cyclic esters (lactones) is 1. The molecule has 0 amide bonds. The predicted octanol–water partition coefficient (Wildman–Crippen LogP) is 2.96. The Morgan fingerprint density at radius 3 is 2.31 bits per heavy atom. The molecule has 17 heteroatoms. The van der Waals surface area contributed by atoms with Crippen molar-refractivity contribution in [3.05, 3.63) is 16.6 Å². The van der Waals surface area contributed by atoms with Gasteiger partial charge in [-0.25, -0.2) is 4.98 Å². The number of esters is 1. The standard InChI is InChI=1S/C44H80N4O12S/c1-12-33-44(10,54)37(50)30(6)48(20-13-16-45-17-18-46-24-34-47-19-21-61-34)25-26(2)22-42(8,53)39(60-41-32(49)15-14-27(3)56-41)28(4)36(29(5)40(52)58-33)59-35-23-43(9,55-11)38(51)31(7)57-35/h19,21,26-33,35-39,41,45-46,49-51,53-54H,12-18,20,22-25H2,1-11H3/t26-,27-,28+,29-,30-,31+,32-,33-,35+,36+,37-,38+,39-,41+,42?,43-,44-/m1/s1. The van der Waals surface area contributed by atoms with E-state index < -0.39 is 96.0 Å². The van der Waals surface area contributed by atoms with Crippen LogP contribution in [0, 0.1) is 17.8 Å². The number of ether oxygens (including phenoxy) is 6. The summed E-state index contributed by atoms with van der Waals surface area (Å²) < 4.78 is 37.7. The van der Waals surface area contributed by atoms with Crippen molar-refractivity contribution in [1.29, 1.82) is 0 Å². The Kier molecular flexibility index (Phi) is 19.8. The molecule has 3 aliphatic rings. The molecule has 1 unspecified atom stereocenters. The molecule has 0 radical (unpaired) electrons. The molecule has 0 saturated carbocycles. The lowest BCUT2D eigenvalue weighted by molar-refractivity contribution is -0.314. The Hall–Kier alpha value is -1.42. The van der Waals surface area contributed by atoms with E-state index in [9.17, 15) is 30.3 Å². The molecule has 17 atom stereocenters. The van der Waals surface area contributed by atoms with E-state index in [0.717, 1.165) is 37.6 Å².